The lowest BCUT2D eigenvalue weighted by atomic mass is 10.1. The van der Waals surface area contributed by atoms with Crippen LogP contribution in [-0.2, 0) is 9.53 Å². The molecule has 9 heteroatoms. The number of hydrogen-bond donors (Lipinski definition) is 1. The van der Waals surface area contributed by atoms with Crippen LogP contribution in [0.25, 0.3) is 5.57 Å². The molecule has 1 aromatic heterocycles. The molecule has 1 fully saturated rings. The Hall–Kier alpha value is -2.84. The van der Waals surface area contributed by atoms with Crippen molar-refractivity contribution in [1.29, 1.82) is 0 Å². The van der Waals surface area contributed by atoms with Gasteiger partial charge in [0.1, 0.15) is 11.5 Å². The van der Waals surface area contributed by atoms with Gasteiger partial charge in [0.2, 0.25) is 0 Å². The third-order valence-electron chi connectivity index (χ3n) is 4.69. The topological polar surface area (TPSA) is 75.0 Å². The predicted octanol–water partition coefficient (Wildman–Crippen LogP) is 2.82. The SMILES string of the molecule is COC(=O)CN/C=C(/C(=S)N1CCN(C(=O)c2ccco2)CC1)c1ccc(Cl)cc1. The number of hydrogen-bond acceptors (Lipinski definition) is 6. The van der Waals surface area contributed by atoms with Gasteiger partial charge >= 0.3 is 5.97 Å². The molecule has 7 nitrogen and oxygen atoms in total. The molecule has 1 saturated heterocycles. The maximum absolute atomic E-state index is 12.5. The van der Waals surface area contributed by atoms with Gasteiger partial charge in [0.15, 0.2) is 5.76 Å². The Morgan fingerprint density at radius 3 is 2.43 bits per heavy atom. The van der Waals surface area contributed by atoms with Gasteiger partial charge in [-0.15, -0.1) is 0 Å². The van der Waals surface area contributed by atoms with Crippen LogP contribution in [0, 0.1) is 0 Å². The summed E-state index contributed by atoms with van der Waals surface area (Å²) in [4.78, 5) is 28.3. The molecule has 0 saturated carbocycles. The fraction of sp³-hybridized carbons (Fsp3) is 0.286. The van der Waals surface area contributed by atoms with Crippen LogP contribution < -0.4 is 5.32 Å². The van der Waals surface area contributed by atoms with Crippen molar-refractivity contribution < 1.29 is 18.7 Å². The zero-order chi connectivity index (χ0) is 21.5. The molecule has 1 amide bonds. The van der Waals surface area contributed by atoms with Crippen molar-refractivity contribution in [2.75, 3.05) is 39.8 Å². The molecule has 158 valence electrons. The molecule has 1 aromatic carbocycles. The zero-order valence-electron chi connectivity index (χ0n) is 16.5. The first-order chi connectivity index (χ1) is 14.5. The van der Waals surface area contributed by atoms with Crippen molar-refractivity contribution in [3.63, 3.8) is 0 Å². The smallest absolute Gasteiger partial charge is 0.325 e. The highest BCUT2D eigenvalue weighted by Crippen LogP contribution is 2.22. The largest absolute Gasteiger partial charge is 0.468 e. The number of furan rings is 1. The first kappa shape index (κ1) is 21.9. The number of esters is 1. The van der Waals surface area contributed by atoms with Gasteiger partial charge in [-0.2, -0.15) is 0 Å². The second kappa shape index (κ2) is 10.3. The summed E-state index contributed by atoms with van der Waals surface area (Å²) in [6.45, 7) is 2.27. The maximum atomic E-state index is 12.5. The van der Waals surface area contributed by atoms with Crippen LogP contribution in [0.4, 0.5) is 0 Å². The number of amides is 1. The molecule has 0 aliphatic carbocycles. The average molecular weight is 448 g/mol. The molecule has 0 bridgehead atoms. The minimum atomic E-state index is -0.377. The van der Waals surface area contributed by atoms with Crippen molar-refractivity contribution in [3.05, 3.63) is 65.2 Å². The molecule has 1 aliphatic rings. The minimum Gasteiger partial charge on any atom is -0.468 e. The highest BCUT2D eigenvalue weighted by atomic mass is 35.5. The number of thiocarbonyl (C=S) groups is 1. The Bertz CT molecular complexity index is 920. The highest BCUT2D eigenvalue weighted by molar-refractivity contribution is 7.81. The van der Waals surface area contributed by atoms with E-state index in [9.17, 15) is 9.59 Å². The number of ether oxygens (including phenoxy) is 1. The van der Waals surface area contributed by atoms with Crippen LogP contribution in [0.15, 0.2) is 53.3 Å². The quantitative estimate of drug-likeness (QED) is 0.414. The molecule has 1 aliphatic heterocycles. The van der Waals surface area contributed by atoms with Gasteiger partial charge in [-0.25, -0.2) is 0 Å². The van der Waals surface area contributed by atoms with E-state index in [1.54, 1.807) is 35.4 Å². The van der Waals surface area contributed by atoms with E-state index in [2.05, 4.69) is 10.1 Å². The lowest BCUT2D eigenvalue weighted by Crippen LogP contribution is -2.50. The predicted molar refractivity (Wildman–Crippen MR) is 118 cm³/mol. The van der Waals surface area contributed by atoms with Gasteiger partial charge in [0.25, 0.3) is 5.91 Å². The summed E-state index contributed by atoms with van der Waals surface area (Å²) in [5.41, 5.74) is 1.63. The number of carbonyl (C=O) groups excluding carboxylic acids is 2. The van der Waals surface area contributed by atoms with Crippen LogP contribution in [0.2, 0.25) is 5.02 Å². The molecular weight excluding hydrogens is 426 g/mol. The standard InChI is InChI=1S/C21H22ClN3O4S/c1-28-19(26)14-23-13-17(15-4-6-16(22)7-5-15)21(30)25-10-8-24(9-11-25)20(27)18-3-2-12-29-18/h2-7,12-13,23H,8-11,14H2,1H3/b17-13+. The maximum Gasteiger partial charge on any atom is 0.325 e. The molecule has 0 atom stereocenters. The Kier molecular flexibility index (Phi) is 7.48. The number of carbonyl (C=O) groups is 2. The first-order valence-electron chi connectivity index (χ1n) is 9.38. The molecule has 0 unspecified atom stereocenters. The number of methoxy groups -OCH3 is 1. The van der Waals surface area contributed by atoms with Crippen molar-refractivity contribution in [2.45, 2.75) is 0 Å². The van der Waals surface area contributed by atoms with Crippen molar-refractivity contribution >= 4 is 46.3 Å². The number of nitrogens with zero attached hydrogens (tertiary/aromatic N) is 2. The summed E-state index contributed by atoms with van der Waals surface area (Å²) in [7, 11) is 1.34. The van der Waals surface area contributed by atoms with Gasteiger partial charge in [-0.1, -0.05) is 36.0 Å². The molecule has 2 heterocycles. The average Bonchev–Trinajstić information content (AvgIpc) is 3.31. The van der Waals surface area contributed by atoms with E-state index in [-0.39, 0.29) is 18.4 Å². The second-order valence-electron chi connectivity index (χ2n) is 6.58. The van der Waals surface area contributed by atoms with Gasteiger partial charge in [-0.3, -0.25) is 9.59 Å². The van der Waals surface area contributed by atoms with Gasteiger partial charge in [0.05, 0.1) is 13.4 Å². The van der Waals surface area contributed by atoms with Crippen LogP contribution in [0.3, 0.4) is 0 Å². The lowest BCUT2D eigenvalue weighted by Gasteiger charge is -2.36. The monoisotopic (exact) mass is 447 g/mol. The van der Waals surface area contributed by atoms with E-state index < -0.39 is 0 Å². The van der Waals surface area contributed by atoms with E-state index in [0.29, 0.717) is 42.0 Å². The van der Waals surface area contributed by atoms with Crippen molar-refractivity contribution in [2.24, 2.45) is 0 Å². The molecule has 0 spiro atoms. The number of rotatable bonds is 6. The summed E-state index contributed by atoms with van der Waals surface area (Å²) in [6.07, 6.45) is 3.20. The molecule has 30 heavy (non-hydrogen) atoms. The minimum absolute atomic E-state index is 0.0294. The summed E-state index contributed by atoms with van der Waals surface area (Å²) < 4.78 is 9.86. The van der Waals surface area contributed by atoms with E-state index in [1.807, 2.05) is 17.0 Å². The fourth-order valence-corrected chi connectivity index (χ4v) is 3.53. The fourth-order valence-electron chi connectivity index (χ4n) is 3.05. The highest BCUT2D eigenvalue weighted by Gasteiger charge is 2.26. The van der Waals surface area contributed by atoms with Gasteiger partial charge in [0, 0.05) is 43.0 Å². The zero-order valence-corrected chi connectivity index (χ0v) is 18.0. The van der Waals surface area contributed by atoms with E-state index in [0.717, 1.165) is 11.1 Å². The molecular formula is C21H22ClN3O4S. The molecule has 3 rings (SSSR count). The van der Waals surface area contributed by atoms with Crippen LogP contribution in [-0.4, -0.2) is 66.5 Å². The Labute approximate surface area is 185 Å². The van der Waals surface area contributed by atoms with E-state index in [1.165, 1.54) is 13.4 Å². The first-order valence-corrected chi connectivity index (χ1v) is 10.2. The van der Waals surface area contributed by atoms with E-state index in [4.69, 9.17) is 28.2 Å². The summed E-state index contributed by atoms with van der Waals surface area (Å²) in [5.74, 6) is -0.170. The number of piperazine rings is 1. The Morgan fingerprint density at radius 2 is 1.83 bits per heavy atom. The summed E-state index contributed by atoms with van der Waals surface area (Å²) in [5, 5.41) is 3.58. The van der Waals surface area contributed by atoms with Gasteiger partial charge in [-0.05, 0) is 29.8 Å². The third kappa shape index (κ3) is 5.40. The summed E-state index contributed by atoms with van der Waals surface area (Å²) in [6, 6.07) is 10.7. The third-order valence-corrected chi connectivity index (χ3v) is 5.42. The van der Waals surface area contributed by atoms with E-state index >= 15 is 0 Å². The second-order valence-corrected chi connectivity index (χ2v) is 7.41. The van der Waals surface area contributed by atoms with Crippen LogP contribution >= 0.6 is 23.8 Å². The molecule has 0 radical (unpaired) electrons. The molecule has 1 N–H and O–H groups in total. The lowest BCUT2D eigenvalue weighted by molar-refractivity contribution is -0.139. The number of nitrogens with one attached hydrogen (secondary N) is 1. The number of benzene rings is 1. The Morgan fingerprint density at radius 1 is 1.17 bits per heavy atom. The van der Waals surface area contributed by atoms with Crippen molar-refractivity contribution in [1.82, 2.24) is 15.1 Å². The Balaban J connectivity index is 1.70. The number of halogens is 1. The summed E-state index contributed by atoms with van der Waals surface area (Å²) >= 11 is 11.8. The molecule has 2 aromatic rings. The van der Waals surface area contributed by atoms with Crippen molar-refractivity contribution in [3.8, 4) is 0 Å². The normalized spacial score (nSPS) is 14.4. The van der Waals surface area contributed by atoms with Gasteiger partial charge < -0.3 is 24.3 Å². The van der Waals surface area contributed by atoms with Crippen LogP contribution in [0.1, 0.15) is 16.1 Å². The van der Waals surface area contributed by atoms with Crippen LogP contribution in [0.5, 0.6) is 0 Å².